The molecule has 0 bridgehead atoms. The number of nitrogens with one attached hydrogen (secondary N) is 1. The summed E-state index contributed by atoms with van der Waals surface area (Å²) in [5.74, 6) is -0.393. The lowest BCUT2D eigenvalue weighted by molar-refractivity contribution is 0.198. The summed E-state index contributed by atoms with van der Waals surface area (Å²) in [6.07, 6.45) is 0.367. The Morgan fingerprint density at radius 1 is 1.20 bits per heavy atom. The zero-order chi connectivity index (χ0) is 12.1. The van der Waals surface area contributed by atoms with Crippen LogP contribution in [0.25, 0.3) is 0 Å². The molecule has 0 aliphatic heterocycles. The molecular formula is C7H17NO5S2. The van der Waals surface area contributed by atoms with Gasteiger partial charge in [-0.15, -0.1) is 0 Å². The van der Waals surface area contributed by atoms with E-state index >= 15 is 0 Å². The van der Waals surface area contributed by atoms with Crippen LogP contribution in [0.1, 0.15) is 13.3 Å². The van der Waals surface area contributed by atoms with Crippen molar-refractivity contribution >= 4 is 19.9 Å². The van der Waals surface area contributed by atoms with Gasteiger partial charge in [-0.3, -0.25) is 0 Å². The number of rotatable bonds is 7. The molecule has 0 fully saturated rings. The van der Waals surface area contributed by atoms with Crippen LogP contribution in [-0.4, -0.2) is 52.4 Å². The largest absolute Gasteiger partial charge is 0.392 e. The summed E-state index contributed by atoms with van der Waals surface area (Å²) in [6, 6.07) is 0. The van der Waals surface area contributed by atoms with Gasteiger partial charge in [-0.1, -0.05) is 0 Å². The maximum Gasteiger partial charge on any atom is 0.211 e. The van der Waals surface area contributed by atoms with Crippen LogP contribution < -0.4 is 4.72 Å². The predicted octanol–water partition coefficient (Wildman–Crippen LogP) is -1.28. The first-order valence-electron chi connectivity index (χ1n) is 4.45. The molecule has 0 aliphatic carbocycles. The van der Waals surface area contributed by atoms with E-state index in [0.717, 1.165) is 6.26 Å². The van der Waals surface area contributed by atoms with Crippen LogP contribution in [0, 0.1) is 0 Å². The summed E-state index contributed by atoms with van der Waals surface area (Å²) in [7, 11) is -6.59. The average Bonchev–Trinajstić information content (AvgIpc) is 1.98. The van der Waals surface area contributed by atoms with Crippen molar-refractivity contribution in [1.29, 1.82) is 0 Å². The van der Waals surface area contributed by atoms with E-state index in [1.165, 1.54) is 6.92 Å². The molecule has 2 N–H and O–H groups in total. The van der Waals surface area contributed by atoms with Crippen LogP contribution in [0.5, 0.6) is 0 Å². The first kappa shape index (κ1) is 14.8. The molecule has 1 unspecified atom stereocenters. The molecule has 0 spiro atoms. The predicted molar refractivity (Wildman–Crippen MR) is 57.8 cm³/mol. The third-order valence-corrected chi connectivity index (χ3v) is 3.99. The smallest absolute Gasteiger partial charge is 0.211 e. The highest BCUT2D eigenvalue weighted by Gasteiger charge is 2.12. The highest BCUT2D eigenvalue weighted by Crippen LogP contribution is 1.94. The summed E-state index contributed by atoms with van der Waals surface area (Å²) in [5.41, 5.74) is 0. The van der Waals surface area contributed by atoms with Crippen molar-refractivity contribution in [2.45, 2.75) is 19.4 Å². The molecular weight excluding hydrogens is 242 g/mol. The molecule has 0 rings (SSSR count). The van der Waals surface area contributed by atoms with Crippen molar-refractivity contribution < 1.29 is 21.9 Å². The third-order valence-electron chi connectivity index (χ3n) is 1.53. The van der Waals surface area contributed by atoms with Gasteiger partial charge >= 0.3 is 0 Å². The highest BCUT2D eigenvalue weighted by atomic mass is 32.2. The van der Waals surface area contributed by atoms with E-state index in [9.17, 15) is 16.8 Å². The minimum atomic E-state index is -3.47. The van der Waals surface area contributed by atoms with Gasteiger partial charge in [-0.25, -0.2) is 21.6 Å². The molecule has 0 aromatic heterocycles. The fourth-order valence-corrected chi connectivity index (χ4v) is 2.85. The fraction of sp³-hybridized carbons (Fsp3) is 1.00. The van der Waals surface area contributed by atoms with Crippen LogP contribution >= 0.6 is 0 Å². The van der Waals surface area contributed by atoms with Crippen LogP contribution in [-0.2, 0) is 19.9 Å². The quantitative estimate of drug-likeness (QED) is 0.593. The molecule has 0 radical (unpaired) electrons. The lowest BCUT2D eigenvalue weighted by atomic mass is 10.4. The lowest BCUT2D eigenvalue weighted by Crippen LogP contribution is -2.32. The summed E-state index contributed by atoms with van der Waals surface area (Å²) >= 11 is 0. The first-order valence-corrected chi connectivity index (χ1v) is 8.17. The van der Waals surface area contributed by atoms with E-state index in [1.807, 2.05) is 0 Å². The van der Waals surface area contributed by atoms with Gasteiger partial charge in [-0.2, -0.15) is 0 Å². The number of aliphatic hydroxyl groups is 1. The first-order chi connectivity index (χ1) is 6.62. The number of sulfonamides is 1. The molecule has 92 valence electrons. The monoisotopic (exact) mass is 259 g/mol. The summed E-state index contributed by atoms with van der Waals surface area (Å²) in [6.45, 7) is 1.40. The van der Waals surface area contributed by atoms with Crippen LogP contribution in [0.2, 0.25) is 0 Å². The van der Waals surface area contributed by atoms with E-state index in [1.54, 1.807) is 0 Å². The normalized spacial score (nSPS) is 15.1. The van der Waals surface area contributed by atoms with Crippen molar-refractivity contribution in [3.05, 3.63) is 0 Å². The number of hydrogen-bond acceptors (Lipinski definition) is 5. The lowest BCUT2D eigenvalue weighted by Gasteiger charge is -2.07. The van der Waals surface area contributed by atoms with E-state index in [2.05, 4.69) is 4.72 Å². The Balaban J connectivity index is 3.96. The zero-order valence-corrected chi connectivity index (χ0v) is 10.4. The minimum absolute atomic E-state index is 0.0544. The summed E-state index contributed by atoms with van der Waals surface area (Å²) in [5, 5.41) is 8.85. The van der Waals surface area contributed by atoms with E-state index in [0.29, 0.717) is 0 Å². The molecule has 0 saturated carbocycles. The van der Waals surface area contributed by atoms with Crippen LogP contribution in [0.15, 0.2) is 0 Å². The van der Waals surface area contributed by atoms with Gasteiger partial charge in [0, 0.05) is 12.8 Å². The average molecular weight is 259 g/mol. The Morgan fingerprint density at radius 3 is 2.13 bits per heavy atom. The van der Waals surface area contributed by atoms with E-state index < -0.39 is 26.0 Å². The maximum atomic E-state index is 11.2. The van der Waals surface area contributed by atoms with Crippen molar-refractivity contribution in [3.8, 4) is 0 Å². The fourth-order valence-electron chi connectivity index (χ4n) is 0.831. The molecule has 0 aromatic carbocycles. The van der Waals surface area contributed by atoms with Gasteiger partial charge in [0.05, 0.1) is 17.6 Å². The molecule has 1 atom stereocenters. The maximum absolute atomic E-state index is 11.2. The molecule has 8 heteroatoms. The van der Waals surface area contributed by atoms with Crippen LogP contribution in [0.3, 0.4) is 0 Å². The summed E-state index contributed by atoms with van der Waals surface area (Å²) in [4.78, 5) is 0. The van der Waals surface area contributed by atoms with Gasteiger partial charge in [0.25, 0.3) is 0 Å². The van der Waals surface area contributed by atoms with Gasteiger partial charge in [0.2, 0.25) is 10.0 Å². The Bertz CT molecular complexity index is 370. The number of hydrogen-bond donors (Lipinski definition) is 2. The molecule has 0 heterocycles. The van der Waals surface area contributed by atoms with Gasteiger partial charge in [0.1, 0.15) is 9.84 Å². The SMILES string of the molecule is CC(O)CNS(=O)(=O)CCCS(C)(=O)=O. The zero-order valence-electron chi connectivity index (χ0n) is 8.80. The topological polar surface area (TPSA) is 101 Å². The van der Waals surface area contributed by atoms with Gasteiger partial charge < -0.3 is 5.11 Å². The Morgan fingerprint density at radius 2 is 1.73 bits per heavy atom. The molecule has 0 saturated heterocycles. The second-order valence-electron chi connectivity index (χ2n) is 3.50. The molecule has 0 aromatic rings. The van der Waals surface area contributed by atoms with Crippen molar-refractivity contribution in [1.82, 2.24) is 4.72 Å². The highest BCUT2D eigenvalue weighted by molar-refractivity contribution is 7.91. The second-order valence-corrected chi connectivity index (χ2v) is 7.69. The molecule has 0 amide bonds. The molecule has 15 heavy (non-hydrogen) atoms. The molecule has 0 aliphatic rings. The Kier molecular flexibility index (Phi) is 5.71. The summed E-state index contributed by atoms with van der Waals surface area (Å²) < 4.78 is 46.0. The van der Waals surface area contributed by atoms with E-state index in [-0.39, 0.29) is 24.5 Å². The second kappa shape index (κ2) is 5.78. The van der Waals surface area contributed by atoms with Crippen molar-refractivity contribution in [2.24, 2.45) is 0 Å². The van der Waals surface area contributed by atoms with Gasteiger partial charge in [-0.05, 0) is 13.3 Å². The van der Waals surface area contributed by atoms with E-state index in [4.69, 9.17) is 5.11 Å². The van der Waals surface area contributed by atoms with Crippen molar-refractivity contribution in [3.63, 3.8) is 0 Å². The minimum Gasteiger partial charge on any atom is -0.392 e. The van der Waals surface area contributed by atoms with Crippen molar-refractivity contribution in [2.75, 3.05) is 24.3 Å². The number of sulfone groups is 1. The standard InChI is InChI=1S/C7H17NO5S2/c1-7(9)6-8-15(12,13)5-3-4-14(2,10)11/h7-9H,3-6H2,1-2H3. The third kappa shape index (κ3) is 10.1. The molecule has 6 nitrogen and oxygen atoms in total. The number of aliphatic hydroxyl groups excluding tert-OH is 1. The Hall–Kier alpha value is -0.180. The van der Waals surface area contributed by atoms with Gasteiger partial charge in [0.15, 0.2) is 0 Å². The van der Waals surface area contributed by atoms with Crippen LogP contribution in [0.4, 0.5) is 0 Å². The Labute approximate surface area is 90.7 Å².